The van der Waals surface area contributed by atoms with Crippen LogP contribution < -0.4 is 4.74 Å². The number of allylic oxidation sites excluding steroid dienone is 1. The van der Waals surface area contributed by atoms with Crippen LogP contribution in [0.5, 0.6) is 11.5 Å². The van der Waals surface area contributed by atoms with Gasteiger partial charge in [0.15, 0.2) is 0 Å². The van der Waals surface area contributed by atoms with Crippen molar-refractivity contribution in [2.45, 2.75) is 6.18 Å². The summed E-state index contributed by atoms with van der Waals surface area (Å²) in [5.41, 5.74) is 3.14. The van der Waals surface area contributed by atoms with Crippen LogP contribution in [0.2, 0.25) is 0 Å². The second-order valence-corrected chi connectivity index (χ2v) is 7.21. The van der Waals surface area contributed by atoms with Crippen molar-refractivity contribution in [3.05, 3.63) is 89.1 Å². The highest BCUT2D eigenvalue weighted by Gasteiger charge is 2.31. The first-order valence-corrected chi connectivity index (χ1v) is 9.70. The van der Waals surface area contributed by atoms with Gasteiger partial charge in [-0.25, -0.2) is 9.97 Å². The van der Waals surface area contributed by atoms with E-state index < -0.39 is 11.7 Å². The van der Waals surface area contributed by atoms with E-state index in [1.807, 2.05) is 36.4 Å². The van der Waals surface area contributed by atoms with Crippen LogP contribution in [0, 0.1) is 22.7 Å². The van der Waals surface area contributed by atoms with Crippen molar-refractivity contribution in [1.29, 1.82) is 10.5 Å². The van der Waals surface area contributed by atoms with Gasteiger partial charge in [-0.1, -0.05) is 24.3 Å². The Hall–Kier alpha value is -4.69. The van der Waals surface area contributed by atoms with Gasteiger partial charge >= 0.3 is 6.18 Å². The van der Waals surface area contributed by atoms with Gasteiger partial charge < -0.3 is 4.74 Å². The number of aromatic nitrogens is 2. The van der Waals surface area contributed by atoms with E-state index in [9.17, 15) is 23.7 Å². The zero-order valence-electron chi connectivity index (χ0n) is 16.7. The fourth-order valence-electron chi connectivity index (χ4n) is 3.73. The molecule has 0 saturated carbocycles. The first-order valence-electron chi connectivity index (χ1n) is 9.70. The SMILES string of the molecule is N#CC(C#N)=C1c2ccccc2-c2nc3cc(Oc4ccc(C(F)(F)F)cc4)ccc3nc21. The number of halogens is 3. The zero-order valence-corrected chi connectivity index (χ0v) is 16.7. The molecule has 1 heterocycles. The van der Waals surface area contributed by atoms with E-state index in [1.54, 1.807) is 18.2 Å². The summed E-state index contributed by atoms with van der Waals surface area (Å²) < 4.78 is 44.0. The third-order valence-corrected chi connectivity index (χ3v) is 5.21. The van der Waals surface area contributed by atoms with E-state index in [0.717, 1.165) is 17.7 Å². The van der Waals surface area contributed by atoms with E-state index in [-0.39, 0.29) is 11.3 Å². The van der Waals surface area contributed by atoms with Crippen molar-refractivity contribution in [2.24, 2.45) is 0 Å². The third kappa shape index (κ3) is 3.44. The first kappa shape index (κ1) is 20.2. The van der Waals surface area contributed by atoms with Crippen molar-refractivity contribution in [3.8, 4) is 34.9 Å². The first-order chi connectivity index (χ1) is 15.9. The summed E-state index contributed by atoms with van der Waals surface area (Å²) in [5.74, 6) is 0.632. The third-order valence-electron chi connectivity index (χ3n) is 5.21. The smallest absolute Gasteiger partial charge is 0.416 e. The topological polar surface area (TPSA) is 82.6 Å². The van der Waals surface area contributed by atoms with Gasteiger partial charge in [-0.15, -0.1) is 0 Å². The predicted molar refractivity (Wildman–Crippen MR) is 114 cm³/mol. The van der Waals surface area contributed by atoms with Gasteiger partial charge in [-0.3, -0.25) is 0 Å². The van der Waals surface area contributed by atoms with Crippen LogP contribution in [0.3, 0.4) is 0 Å². The molecule has 33 heavy (non-hydrogen) atoms. The molecule has 0 radical (unpaired) electrons. The van der Waals surface area contributed by atoms with Crippen LogP contribution in [0.15, 0.2) is 72.3 Å². The molecule has 1 aliphatic carbocycles. The molecule has 5 nitrogen and oxygen atoms in total. The van der Waals surface area contributed by atoms with Gasteiger partial charge in [-0.05, 0) is 42.0 Å². The lowest BCUT2D eigenvalue weighted by molar-refractivity contribution is -0.137. The second-order valence-electron chi connectivity index (χ2n) is 7.21. The highest BCUT2D eigenvalue weighted by Crippen LogP contribution is 2.44. The number of benzene rings is 3. The van der Waals surface area contributed by atoms with Crippen molar-refractivity contribution >= 4 is 16.6 Å². The molecule has 0 unspecified atom stereocenters. The minimum atomic E-state index is -4.42. The molecule has 1 aromatic heterocycles. The average molecular weight is 440 g/mol. The molecule has 158 valence electrons. The summed E-state index contributed by atoms with van der Waals surface area (Å²) in [7, 11) is 0. The number of rotatable bonds is 2. The molecule has 0 saturated heterocycles. The molecular weight excluding hydrogens is 429 g/mol. The minimum Gasteiger partial charge on any atom is -0.457 e. The fraction of sp³-hybridized carbons (Fsp3) is 0.0400. The van der Waals surface area contributed by atoms with Crippen molar-refractivity contribution in [1.82, 2.24) is 9.97 Å². The quantitative estimate of drug-likeness (QED) is 0.302. The van der Waals surface area contributed by atoms with E-state index in [1.165, 1.54) is 12.1 Å². The van der Waals surface area contributed by atoms with Crippen LogP contribution in [-0.4, -0.2) is 9.97 Å². The molecule has 3 aromatic carbocycles. The Morgan fingerprint density at radius 3 is 2.06 bits per heavy atom. The standard InChI is InChI=1S/C25H11F3N4O/c26-25(27,28)15-5-7-16(8-6-15)33-17-9-10-20-21(11-17)32-23-19-4-2-1-3-18(19)22(24(23)31-20)14(12-29)13-30/h1-11H. The summed E-state index contributed by atoms with van der Waals surface area (Å²) in [6.45, 7) is 0. The Labute approximate surface area is 185 Å². The van der Waals surface area contributed by atoms with Crippen molar-refractivity contribution < 1.29 is 17.9 Å². The Morgan fingerprint density at radius 2 is 1.39 bits per heavy atom. The number of nitrogens with zero attached hydrogens (tertiary/aromatic N) is 4. The summed E-state index contributed by atoms with van der Waals surface area (Å²) in [5, 5.41) is 18.9. The maximum atomic E-state index is 12.8. The van der Waals surface area contributed by atoms with Crippen LogP contribution in [-0.2, 0) is 6.18 Å². The van der Waals surface area contributed by atoms with E-state index in [4.69, 9.17) is 9.72 Å². The largest absolute Gasteiger partial charge is 0.457 e. The van der Waals surface area contributed by atoms with Crippen molar-refractivity contribution in [3.63, 3.8) is 0 Å². The molecule has 5 rings (SSSR count). The molecular formula is C25H11F3N4O. The minimum absolute atomic E-state index is 0.0443. The maximum Gasteiger partial charge on any atom is 0.416 e. The predicted octanol–water partition coefficient (Wildman–Crippen LogP) is 6.27. The Bertz CT molecular complexity index is 1530. The Balaban J connectivity index is 1.58. The van der Waals surface area contributed by atoms with E-state index in [2.05, 4.69) is 4.98 Å². The number of fused-ring (bicyclic) bond motifs is 4. The average Bonchev–Trinajstić information content (AvgIpc) is 3.12. The Morgan fingerprint density at radius 1 is 0.758 bits per heavy atom. The number of hydrogen-bond acceptors (Lipinski definition) is 5. The zero-order chi connectivity index (χ0) is 23.2. The fourth-order valence-corrected chi connectivity index (χ4v) is 3.73. The van der Waals surface area contributed by atoms with Crippen LogP contribution >= 0.6 is 0 Å². The molecule has 0 atom stereocenters. The van der Waals surface area contributed by atoms with Crippen LogP contribution in [0.1, 0.15) is 16.8 Å². The molecule has 0 fully saturated rings. The van der Waals surface area contributed by atoms with Gasteiger partial charge in [0.05, 0.1) is 28.0 Å². The summed E-state index contributed by atoms with van der Waals surface area (Å²) in [6, 6.07) is 20.5. The molecule has 1 aliphatic rings. The highest BCUT2D eigenvalue weighted by molar-refractivity contribution is 6.03. The maximum absolute atomic E-state index is 12.8. The Kier molecular flexibility index (Phi) is 4.58. The normalized spacial score (nSPS) is 12.0. The van der Waals surface area contributed by atoms with Gasteiger partial charge in [0.25, 0.3) is 0 Å². The molecule has 8 heteroatoms. The lowest BCUT2D eigenvalue weighted by Crippen LogP contribution is -2.04. The molecule has 0 aliphatic heterocycles. The molecule has 0 amide bonds. The number of ether oxygens (including phenoxy) is 1. The molecule has 4 aromatic rings. The summed E-state index contributed by atoms with van der Waals surface area (Å²) >= 11 is 0. The number of nitriles is 2. The van der Waals surface area contributed by atoms with E-state index in [0.29, 0.717) is 39.3 Å². The van der Waals surface area contributed by atoms with Gasteiger partial charge in [0, 0.05) is 17.2 Å². The number of hydrogen-bond donors (Lipinski definition) is 0. The van der Waals surface area contributed by atoms with Gasteiger partial charge in [-0.2, -0.15) is 23.7 Å². The molecule has 0 spiro atoms. The van der Waals surface area contributed by atoms with Crippen LogP contribution in [0.4, 0.5) is 13.2 Å². The monoisotopic (exact) mass is 440 g/mol. The van der Waals surface area contributed by atoms with Crippen molar-refractivity contribution in [2.75, 3.05) is 0 Å². The second kappa shape index (κ2) is 7.47. The molecule has 0 N–H and O–H groups in total. The highest BCUT2D eigenvalue weighted by atomic mass is 19.4. The van der Waals surface area contributed by atoms with Gasteiger partial charge in [0.2, 0.25) is 0 Å². The van der Waals surface area contributed by atoms with Gasteiger partial charge in [0.1, 0.15) is 29.2 Å². The lowest BCUT2D eigenvalue weighted by Gasteiger charge is -2.10. The lowest BCUT2D eigenvalue weighted by atomic mass is 10.0. The van der Waals surface area contributed by atoms with E-state index >= 15 is 0 Å². The molecule has 0 bridgehead atoms. The number of alkyl halides is 3. The van der Waals surface area contributed by atoms with Crippen LogP contribution in [0.25, 0.3) is 27.9 Å². The summed E-state index contributed by atoms with van der Waals surface area (Å²) in [4.78, 5) is 9.36. The summed E-state index contributed by atoms with van der Waals surface area (Å²) in [6.07, 6.45) is -4.42.